The summed E-state index contributed by atoms with van der Waals surface area (Å²) in [5.74, 6) is 0. The Morgan fingerprint density at radius 1 is 1.22 bits per heavy atom. The van der Waals surface area contributed by atoms with Gasteiger partial charge >= 0.3 is 0 Å². The lowest BCUT2D eigenvalue weighted by atomic mass is 10.4. The number of piperazine rings is 1. The van der Waals surface area contributed by atoms with Gasteiger partial charge in [-0.2, -0.15) is 0 Å². The molecule has 1 radical (unpaired) electrons. The molecule has 0 aromatic rings. The highest BCUT2D eigenvalue weighted by molar-refractivity contribution is 6.52. The molecule has 0 amide bonds. The first-order valence-corrected chi connectivity index (χ1v) is 6.01. The summed E-state index contributed by atoms with van der Waals surface area (Å²) in [6.07, 6.45) is 0. The van der Waals surface area contributed by atoms with Gasteiger partial charge in [-0.15, -0.1) is 0 Å². The fourth-order valence-electron chi connectivity index (χ4n) is 1.11. The molecule has 0 aromatic heterocycles. The van der Waals surface area contributed by atoms with Gasteiger partial charge in [0.05, 0.1) is 0 Å². The van der Waals surface area contributed by atoms with Crippen LogP contribution in [0.1, 0.15) is 0 Å². The first-order valence-electron chi connectivity index (χ1n) is 3.56. The second kappa shape index (κ2) is 3.34. The summed E-state index contributed by atoms with van der Waals surface area (Å²) >= 11 is 0. The summed E-state index contributed by atoms with van der Waals surface area (Å²) in [4.78, 5) is 0. The maximum atomic E-state index is 3.34. The van der Waals surface area contributed by atoms with Crippen LogP contribution in [0.3, 0.4) is 0 Å². The Kier molecular flexibility index (Phi) is 2.69. The van der Waals surface area contributed by atoms with Gasteiger partial charge < -0.3 is 9.88 Å². The van der Waals surface area contributed by atoms with Crippen LogP contribution < -0.4 is 5.32 Å². The van der Waals surface area contributed by atoms with Crippen LogP contribution in [-0.2, 0) is 0 Å². The molecule has 3 heteroatoms. The summed E-state index contributed by atoms with van der Waals surface area (Å²) in [7, 11) is -0.142. The second-order valence-corrected chi connectivity index (χ2v) is 5.21. The van der Waals surface area contributed by atoms with Crippen molar-refractivity contribution in [2.45, 2.75) is 13.1 Å². The van der Waals surface area contributed by atoms with Crippen LogP contribution in [0.25, 0.3) is 0 Å². The Hall–Kier alpha value is 0.137. The molecule has 1 N–H and O–H groups in total. The largest absolute Gasteiger partial charge is 0.322 e. The third-order valence-corrected chi connectivity index (χ3v) is 3.46. The van der Waals surface area contributed by atoms with Crippen LogP contribution in [0.15, 0.2) is 0 Å². The van der Waals surface area contributed by atoms with Crippen molar-refractivity contribution in [2.24, 2.45) is 0 Å². The van der Waals surface area contributed by atoms with Gasteiger partial charge in [0, 0.05) is 26.2 Å². The number of rotatable bonds is 1. The Labute approximate surface area is 58.9 Å². The predicted molar refractivity (Wildman–Crippen MR) is 41.9 cm³/mol. The third-order valence-electron chi connectivity index (χ3n) is 1.75. The van der Waals surface area contributed by atoms with Crippen LogP contribution in [0.5, 0.6) is 0 Å². The average Bonchev–Trinajstić information content (AvgIpc) is 1.90. The molecule has 1 aliphatic heterocycles. The van der Waals surface area contributed by atoms with E-state index in [-0.39, 0.29) is 8.96 Å². The molecule has 9 heavy (non-hydrogen) atoms. The highest BCUT2D eigenvalue weighted by Crippen LogP contribution is 1.95. The molecular formula is C6H15N2Si. The Balaban J connectivity index is 2.23. The van der Waals surface area contributed by atoms with Crippen molar-refractivity contribution in [3.05, 3.63) is 0 Å². The molecule has 0 saturated carbocycles. The zero-order valence-corrected chi connectivity index (χ0v) is 7.28. The minimum Gasteiger partial charge on any atom is -0.322 e. The van der Waals surface area contributed by atoms with Gasteiger partial charge in [0.1, 0.15) is 8.96 Å². The highest BCUT2D eigenvalue weighted by Gasteiger charge is 2.12. The van der Waals surface area contributed by atoms with E-state index in [0.29, 0.717) is 0 Å². The first-order chi connectivity index (χ1) is 4.30. The Bertz CT molecular complexity index is 79.1. The molecule has 0 aliphatic carbocycles. The monoisotopic (exact) mass is 143 g/mol. The summed E-state index contributed by atoms with van der Waals surface area (Å²) < 4.78 is 2.60. The molecule has 0 spiro atoms. The predicted octanol–water partition coefficient (Wildman–Crippen LogP) is 0.143. The van der Waals surface area contributed by atoms with E-state index in [0.717, 1.165) is 0 Å². The molecule has 2 nitrogen and oxygen atoms in total. The number of hydrogen-bond acceptors (Lipinski definition) is 2. The van der Waals surface area contributed by atoms with Gasteiger partial charge in [-0.05, 0) is 0 Å². The van der Waals surface area contributed by atoms with Gasteiger partial charge in [-0.25, -0.2) is 0 Å². The topological polar surface area (TPSA) is 15.3 Å². The van der Waals surface area contributed by atoms with E-state index in [1.165, 1.54) is 26.2 Å². The zero-order chi connectivity index (χ0) is 6.69. The SMILES string of the molecule is C[Si](C)N1CCNCC1. The van der Waals surface area contributed by atoms with Crippen molar-refractivity contribution in [1.29, 1.82) is 0 Å². The average molecular weight is 143 g/mol. The molecule has 0 unspecified atom stereocenters. The van der Waals surface area contributed by atoms with Crippen molar-refractivity contribution in [3.8, 4) is 0 Å². The smallest absolute Gasteiger partial charge is 0.129 e. The van der Waals surface area contributed by atoms with Crippen molar-refractivity contribution < 1.29 is 0 Å². The zero-order valence-electron chi connectivity index (χ0n) is 6.28. The maximum absolute atomic E-state index is 3.34. The van der Waals surface area contributed by atoms with Gasteiger partial charge in [0.25, 0.3) is 0 Å². The number of nitrogens with zero attached hydrogens (tertiary/aromatic N) is 1. The highest BCUT2D eigenvalue weighted by atomic mass is 28.3. The fraction of sp³-hybridized carbons (Fsp3) is 1.00. The molecular weight excluding hydrogens is 128 g/mol. The van der Waals surface area contributed by atoms with Crippen LogP contribution in [0.4, 0.5) is 0 Å². The third kappa shape index (κ3) is 2.08. The molecule has 1 rings (SSSR count). The van der Waals surface area contributed by atoms with E-state index in [2.05, 4.69) is 23.0 Å². The molecule has 0 aromatic carbocycles. The van der Waals surface area contributed by atoms with Crippen molar-refractivity contribution in [1.82, 2.24) is 9.88 Å². The van der Waals surface area contributed by atoms with E-state index < -0.39 is 0 Å². The van der Waals surface area contributed by atoms with Crippen molar-refractivity contribution in [2.75, 3.05) is 26.2 Å². The molecule has 1 heterocycles. The van der Waals surface area contributed by atoms with Gasteiger partial charge in [-0.3, -0.25) is 0 Å². The summed E-state index contributed by atoms with van der Waals surface area (Å²) in [5, 5.41) is 3.34. The molecule has 53 valence electrons. The molecule has 1 saturated heterocycles. The minimum atomic E-state index is -0.142. The Morgan fingerprint density at radius 2 is 1.78 bits per heavy atom. The van der Waals surface area contributed by atoms with Crippen LogP contribution >= 0.6 is 0 Å². The second-order valence-electron chi connectivity index (χ2n) is 2.68. The number of nitrogens with one attached hydrogen (secondary N) is 1. The van der Waals surface area contributed by atoms with Crippen molar-refractivity contribution >= 4 is 8.96 Å². The lowest BCUT2D eigenvalue weighted by Gasteiger charge is -2.29. The Morgan fingerprint density at radius 3 is 2.11 bits per heavy atom. The van der Waals surface area contributed by atoms with Gasteiger partial charge in [0.2, 0.25) is 0 Å². The van der Waals surface area contributed by atoms with E-state index in [1.807, 2.05) is 0 Å². The van der Waals surface area contributed by atoms with E-state index in [9.17, 15) is 0 Å². The lowest BCUT2D eigenvalue weighted by Crippen LogP contribution is -2.48. The standard InChI is InChI=1S/C6H15N2Si/c1-9(2)8-5-3-7-4-6-8/h7H,3-6H2,1-2H3. The van der Waals surface area contributed by atoms with Gasteiger partial charge in [-0.1, -0.05) is 13.1 Å². The van der Waals surface area contributed by atoms with E-state index >= 15 is 0 Å². The van der Waals surface area contributed by atoms with Crippen LogP contribution in [-0.4, -0.2) is 39.7 Å². The molecule has 0 atom stereocenters. The lowest BCUT2D eigenvalue weighted by molar-refractivity contribution is 0.370. The molecule has 1 fully saturated rings. The van der Waals surface area contributed by atoms with Gasteiger partial charge in [0.15, 0.2) is 0 Å². The molecule has 1 aliphatic rings. The summed E-state index contributed by atoms with van der Waals surface area (Å²) in [6, 6.07) is 0. The summed E-state index contributed by atoms with van der Waals surface area (Å²) in [6.45, 7) is 9.63. The maximum Gasteiger partial charge on any atom is 0.129 e. The normalized spacial score (nSPS) is 23.0. The van der Waals surface area contributed by atoms with Crippen LogP contribution in [0.2, 0.25) is 13.1 Å². The summed E-state index contributed by atoms with van der Waals surface area (Å²) in [5.41, 5.74) is 0. The van der Waals surface area contributed by atoms with Crippen LogP contribution in [0, 0.1) is 0 Å². The quantitative estimate of drug-likeness (QED) is 0.525. The van der Waals surface area contributed by atoms with E-state index in [4.69, 9.17) is 0 Å². The minimum absolute atomic E-state index is 0.142. The number of hydrogen-bond donors (Lipinski definition) is 1. The molecule has 0 bridgehead atoms. The fourth-order valence-corrected chi connectivity index (χ4v) is 2.23. The van der Waals surface area contributed by atoms with E-state index in [1.54, 1.807) is 0 Å². The first kappa shape index (κ1) is 7.25. The van der Waals surface area contributed by atoms with Crippen molar-refractivity contribution in [3.63, 3.8) is 0 Å².